The molecule has 2 nitrogen and oxygen atoms in total. The summed E-state index contributed by atoms with van der Waals surface area (Å²) >= 11 is 0. The molecule has 1 aromatic carbocycles. The number of halogens is 3. The van der Waals surface area contributed by atoms with Crippen LogP contribution in [-0.2, 0) is 17.0 Å². The Bertz CT molecular complexity index is 484. The largest absolute Gasteiger partial charge is 0.416 e. The first kappa shape index (κ1) is 15.5. The van der Waals surface area contributed by atoms with E-state index in [-0.39, 0.29) is 11.0 Å². The van der Waals surface area contributed by atoms with Crippen LogP contribution in [0.4, 0.5) is 13.2 Å². The highest BCUT2D eigenvalue weighted by molar-refractivity contribution is 7.85. The molecule has 1 aromatic rings. The Morgan fingerprint density at radius 3 is 2.55 bits per heavy atom. The summed E-state index contributed by atoms with van der Waals surface area (Å²) in [6.45, 7) is 0. The van der Waals surface area contributed by atoms with Crippen molar-refractivity contribution in [2.75, 3.05) is 5.75 Å². The average molecular weight is 305 g/mol. The van der Waals surface area contributed by atoms with Gasteiger partial charge in [0, 0.05) is 27.8 Å². The van der Waals surface area contributed by atoms with E-state index in [0.29, 0.717) is 5.56 Å². The van der Waals surface area contributed by atoms with Gasteiger partial charge in [-0.15, -0.1) is 0 Å². The fourth-order valence-corrected chi connectivity index (χ4v) is 4.18. The SMILES string of the molecule is NC(CS(=O)C1CCCC1)c1cccc(C(F)(F)F)c1. The van der Waals surface area contributed by atoms with Crippen molar-refractivity contribution < 1.29 is 17.4 Å². The van der Waals surface area contributed by atoms with E-state index in [1.165, 1.54) is 6.07 Å². The molecule has 2 rings (SSSR count). The van der Waals surface area contributed by atoms with Crippen LogP contribution in [-0.4, -0.2) is 15.2 Å². The summed E-state index contributed by atoms with van der Waals surface area (Å²) in [5, 5.41) is 0.159. The van der Waals surface area contributed by atoms with Gasteiger partial charge in [0.05, 0.1) is 5.56 Å². The Morgan fingerprint density at radius 2 is 1.95 bits per heavy atom. The molecular formula is C14H18F3NOS. The van der Waals surface area contributed by atoms with E-state index in [9.17, 15) is 17.4 Å². The van der Waals surface area contributed by atoms with E-state index >= 15 is 0 Å². The molecule has 0 aliphatic heterocycles. The first-order valence-electron chi connectivity index (χ1n) is 6.68. The highest BCUT2D eigenvalue weighted by atomic mass is 32.2. The molecule has 0 amide bonds. The number of hydrogen-bond acceptors (Lipinski definition) is 2. The first-order chi connectivity index (χ1) is 9.38. The molecule has 0 spiro atoms. The third-order valence-corrected chi connectivity index (χ3v) is 5.56. The van der Waals surface area contributed by atoms with Gasteiger partial charge in [-0.1, -0.05) is 25.0 Å². The fraction of sp³-hybridized carbons (Fsp3) is 0.571. The topological polar surface area (TPSA) is 43.1 Å². The van der Waals surface area contributed by atoms with Crippen molar-refractivity contribution in [3.8, 4) is 0 Å². The molecule has 1 aliphatic rings. The molecule has 2 unspecified atom stereocenters. The van der Waals surface area contributed by atoms with Crippen molar-refractivity contribution in [3.63, 3.8) is 0 Å². The molecule has 2 atom stereocenters. The average Bonchev–Trinajstić information content (AvgIpc) is 2.91. The van der Waals surface area contributed by atoms with Crippen LogP contribution in [0, 0.1) is 0 Å². The lowest BCUT2D eigenvalue weighted by Crippen LogP contribution is -2.24. The zero-order valence-electron chi connectivity index (χ0n) is 11.0. The molecule has 1 aliphatic carbocycles. The van der Waals surface area contributed by atoms with Gasteiger partial charge in [0.25, 0.3) is 0 Å². The van der Waals surface area contributed by atoms with Gasteiger partial charge in [0.1, 0.15) is 0 Å². The van der Waals surface area contributed by atoms with E-state index in [1.54, 1.807) is 6.07 Å². The molecule has 20 heavy (non-hydrogen) atoms. The van der Waals surface area contributed by atoms with Crippen LogP contribution < -0.4 is 5.73 Å². The molecule has 0 aromatic heterocycles. The quantitative estimate of drug-likeness (QED) is 0.926. The molecule has 2 N–H and O–H groups in total. The fourth-order valence-electron chi connectivity index (χ4n) is 2.51. The lowest BCUT2D eigenvalue weighted by molar-refractivity contribution is -0.137. The maximum atomic E-state index is 12.6. The monoisotopic (exact) mass is 305 g/mol. The van der Waals surface area contributed by atoms with Gasteiger partial charge in [-0.3, -0.25) is 4.21 Å². The van der Waals surface area contributed by atoms with Crippen molar-refractivity contribution in [3.05, 3.63) is 35.4 Å². The predicted molar refractivity (Wildman–Crippen MR) is 73.6 cm³/mol. The van der Waals surface area contributed by atoms with Gasteiger partial charge in [-0.2, -0.15) is 13.2 Å². The maximum absolute atomic E-state index is 12.6. The summed E-state index contributed by atoms with van der Waals surface area (Å²) in [7, 11) is -1.06. The summed E-state index contributed by atoms with van der Waals surface area (Å²) in [5.74, 6) is 0.228. The minimum Gasteiger partial charge on any atom is -0.323 e. The summed E-state index contributed by atoms with van der Waals surface area (Å²) in [6.07, 6.45) is -0.353. The lowest BCUT2D eigenvalue weighted by atomic mass is 10.1. The van der Waals surface area contributed by atoms with E-state index < -0.39 is 28.6 Å². The molecule has 0 radical (unpaired) electrons. The zero-order valence-corrected chi connectivity index (χ0v) is 11.8. The van der Waals surface area contributed by atoms with Crippen molar-refractivity contribution in [1.29, 1.82) is 0 Å². The van der Waals surface area contributed by atoms with Gasteiger partial charge in [0.2, 0.25) is 0 Å². The van der Waals surface area contributed by atoms with Crippen molar-refractivity contribution >= 4 is 10.8 Å². The van der Waals surface area contributed by atoms with E-state index in [1.807, 2.05) is 0 Å². The Balaban J connectivity index is 2.05. The van der Waals surface area contributed by atoms with E-state index in [4.69, 9.17) is 5.73 Å². The van der Waals surface area contributed by atoms with Crippen LogP contribution in [0.5, 0.6) is 0 Å². The molecule has 1 saturated carbocycles. The first-order valence-corrected chi connectivity index (χ1v) is 8.06. The molecule has 112 valence electrons. The summed E-state index contributed by atoms with van der Waals surface area (Å²) in [4.78, 5) is 0. The summed E-state index contributed by atoms with van der Waals surface area (Å²) in [5.41, 5.74) is 5.60. The van der Waals surface area contributed by atoms with Crippen LogP contribution >= 0.6 is 0 Å². The van der Waals surface area contributed by atoms with Gasteiger partial charge in [-0.25, -0.2) is 0 Å². The normalized spacial score (nSPS) is 20.0. The standard InChI is InChI=1S/C14H18F3NOS/c15-14(16,17)11-5-3-4-10(8-11)13(18)9-20(19)12-6-1-2-7-12/h3-5,8,12-13H,1-2,6-7,9,18H2. The van der Waals surface area contributed by atoms with Crippen LogP contribution in [0.15, 0.2) is 24.3 Å². The number of benzene rings is 1. The minimum absolute atomic E-state index is 0.159. The Labute approximate surface area is 119 Å². The summed E-state index contributed by atoms with van der Waals surface area (Å²) < 4.78 is 50.0. The second-order valence-corrected chi connectivity index (χ2v) is 6.95. The highest BCUT2D eigenvalue weighted by Gasteiger charge is 2.31. The third-order valence-electron chi connectivity index (χ3n) is 3.66. The minimum atomic E-state index is -4.37. The van der Waals surface area contributed by atoms with Crippen LogP contribution in [0.3, 0.4) is 0 Å². The van der Waals surface area contributed by atoms with Gasteiger partial charge >= 0.3 is 6.18 Å². The van der Waals surface area contributed by atoms with Crippen LogP contribution in [0.25, 0.3) is 0 Å². The maximum Gasteiger partial charge on any atom is 0.416 e. The number of hydrogen-bond donors (Lipinski definition) is 1. The molecule has 0 saturated heterocycles. The lowest BCUT2D eigenvalue weighted by Gasteiger charge is -2.16. The summed E-state index contributed by atoms with van der Waals surface area (Å²) in [6, 6.07) is 4.36. The zero-order chi connectivity index (χ0) is 14.8. The smallest absolute Gasteiger partial charge is 0.323 e. The molecule has 0 bridgehead atoms. The molecule has 6 heteroatoms. The Hall–Kier alpha value is -0.880. The second-order valence-electron chi connectivity index (χ2n) is 5.18. The van der Waals surface area contributed by atoms with Gasteiger partial charge in [-0.05, 0) is 30.5 Å². The van der Waals surface area contributed by atoms with Crippen molar-refractivity contribution in [2.45, 2.75) is 43.2 Å². The van der Waals surface area contributed by atoms with E-state index in [2.05, 4.69) is 0 Å². The van der Waals surface area contributed by atoms with Gasteiger partial charge < -0.3 is 5.73 Å². The number of alkyl halides is 3. The third kappa shape index (κ3) is 3.82. The number of nitrogens with two attached hydrogens (primary N) is 1. The van der Waals surface area contributed by atoms with E-state index in [0.717, 1.165) is 37.8 Å². The molecule has 1 fully saturated rings. The highest BCUT2D eigenvalue weighted by Crippen LogP contribution is 2.31. The Morgan fingerprint density at radius 1 is 1.30 bits per heavy atom. The van der Waals surface area contributed by atoms with Crippen LogP contribution in [0.1, 0.15) is 42.9 Å². The van der Waals surface area contributed by atoms with Crippen molar-refractivity contribution in [2.24, 2.45) is 5.73 Å². The predicted octanol–water partition coefficient (Wildman–Crippen LogP) is 3.40. The number of rotatable bonds is 4. The molecule has 0 heterocycles. The van der Waals surface area contributed by atoms with Crippen LogP contribution in [0.2, 0.25) is 0 Å². The Kier molecular flexibility index (Phi) is 4.86. The second kappa shape index (κ2) is 6.26. The molecular weight excluding hydrogens is 287 g/mol. The van der Waals surface area contributed by atoms with Gasteiger partial charge in [0.15, 0.2) is 0 Å². The van der Waals surface area contributed by atoms with Crippen molar-refractivity contribution in [1.82, 2.24) is 0 Å².